The van der Waals surface area contributed by atoms with E-state index in [4.69, 9.17) is 0 Å². The lowest BCUT2D eigenvalue weighted by atomic mass is 10.1. The maximum atomic E-state index is 12.0. The predicted molar refractivity (Wildman–Crippen MR) is 58.4 cm³/mol. The highest BCUT2D eigenvalue weighted by molar-refractivity contribution is 7.89. The van der Waals surface area contributed by atoms with Gasteiger partial charge in [0.1, 0.15) is 0 Å². The Hall–Kier alpha value is -1.11. The number of benzene rings is 1. The summed E-state index contributed by atoms with van der Waals surface area (Å²) in [5.74, 6) is 0. The van der Waals surface area contributed by atoms with Crippen LogP contribution in [-0.4, -0.2) is 4.21 Å². The largest absolute Gasteiger partial charge is 0.249 e. The van der Waals surface area contributed by atoms with E-state index in [1.165, 1.54) is 5.56 Å². The third-order valence-electron chi connectivity index (χ3n) is 2.32. The Morgan fingerprint density at radius 3 is 2.93 bits per heavy atom. The van der Waals surface area contributed by atoms with E-state index < -0.39 is 10.8 Å². The smallest absolute Gasteiger partial charge is 0.0889 e. The van der Waals surface area contributed by atoms with Gasteiger partial charge in [-0.05, 0) is 37.5 Å². The standard InChI is InChI=1S/C12H12OS/c1-2-5-11-9-8-10-6-3-4-7-12(10)14(11)13/h2-4,6-7H,8-9H2,1H3. The summed E-state index contributed by atoms with van der Waals surface area (Å²) in [6, 6.07) is 7.94. The molecule has 1 nitrogen and oxygen atoms in total. The maximum Gasteiger partial charge on any atom is 0.0889 e. The maximum absolute atomic E-state index is 12.0. The van der Waals surface area contributed by atoms with E-state index in [0.29, 0.717) is 0 Å². The summed E-state index contributed by atoms with van der Waals surface area (Å²) in [5, 5.41) is 0. The fraction of sp³-hybridized carbons (Fsp3) is 0.250. The first-order valence-electron chi connectivity index (χ1n) is 4.73. The van der Waals surface area contributed by atoms with E-state index in [-0.39, 0.29) is 0 Å². The van der Waals surface area contributed by atoms with Gasteiger partial charge in [-0.15, -0.1) is 5.73 Å². The number of allylic oxidation sites excluding steroid dienone is 1. The van der Waals surface area contributed by atoms with Crippen molar-refractivity contribution in [2.75, 3.05) is 0 Å². The highest BCUT2D eigenvalue weighted by Gasteiger charge is 2.19. The Morgan fingerprint density at radius 1 is 1.36 bits per heavy atom. The van der Waals surface area contributed by atoms with Crippen LogP contribution in [0.4, 0.5) is 0 Å². The molecule has 1 atom stereocenters. The van der Waals surface area contributed by atoms with Crippen molar-refractivity contribution in [2.45, 2.75) is 24.7 Å². The van der Waals surface area contributed by atoms with Gasteiger partial charge in [-0.25, -0.2) is 4.21 Å². The fourth-order valence-electron chi connectivity index (χ4n) is 1.65. The van der Waals surface area contributed by atoms with Gasteiger partial charge >= 0.3 is 0 Å². The highest BCUT2D eigenvalue weighted by Crippen LogP contribution is 2.28. The van der Waals surface area contributed by atoms with Crippen molar-refractivity contribution in [3.63, 3.8) is 0 Å². The Bertz CT molecular complexity index is 439. The Labute approximate surface area is 86.6 Å². The van der Waals surface area contributed by atoms with Gasteiger partial charge < -0.3 is 0 Å². The van der Waals surface area contributed by atoms with Crippen molar-refractivity contribution >= 4 is 10.8 Å². The zero-order chi connectivity index (χ0) is 9.97. The molecule has 1 heterocycles. The fourth-order valence-corrected chi connectivity index (χ4v) is 3.04. The summed E-state index contributed by atoms with van der Waals surface area (Å²) in [4.78, 5) is 1.88. The van der Waals surface area contributed by atoms with Crippen LogP contribution in [0.5, 0.6) is 0 Å². The Balaban J connectivity index is 2.52. The molecule has 0 aromatic heterocycles. The summed E-state index contributed by atoms with van der Waals surface area (Å²) in [5.41, 5.74) is 4.28. The number of hydrogen-bond acceptors (Lipinski definition) is 1. The number of aryl methyl sites for hydroxylation is 1. The molecular weight excluding hydrogens is 192 g/mol. The molecule has 0 fully saturated rings. The molecule has 2 heteroatoms. The van der Waals surface area contributed by atoms with Gasteiger partial charge in [-0.3, -0.25) is 0 Å². The van der Waals surface area contributed by atoms with Crippen LogP contribution >= 0.6 is 0 Å². The monoisotopic (exact) mass is 204 g/mol. The average molecular weight is 204 g/mol. The van der Waals surface area contributed by atoms with Crippen LogP contribution in [0.1, 0.15) is 18.9 Å². The molecule has 0 saturated heterocycles. The third-order valence-corrected chi connectivity index (χ3v) is 3.89. The van der Waals surface area contributed by atoms with Crippen molar-refractivity contribution < 1.29 is 4.21 Å². The van der Waals surface area contributed by atoms with Crippen LogP contribution in [0.15, 0.2) is 45.9 Å². The average Bonchev–Trinajstić information content (AvgIpc) is 2.23. The van der Waals surface area contributed by atoms with Gasteiger partial charge in [-0.1, -0.05) is 18.2 Å². The molecule has 2 rings (SSSR count). The molecule has 1 aromatic rings. The molecule has 0 N–H and O–H groups in total. The zero-order valence-corrected chi connectivity index (χ0v) is 8.93. The van der Waals surface area contributed by atoms with Crippen molar-refractivity contribution in [2.24, 2.45) is 0 Å². The lowest BCUT2D eigenvalue weighted by Crippen LogP contribution is -2.07. The SMILES string of the molecule is CC=C=C1CCc2ccccc2S1=O. The molecule has 1 unspecified atom stereocenters. The molecule has 14 heavy (non-hydrogen) atoms. The Kier molecular flexibility index (Phi) is 2.67. The third kappa shape index (κ3) is 1.59. The van der Waals surface area contributed by atoms with Gasteiger partial charge in [0.15, 0.2) is 0 Å². The van der Waals surface area contributed by atoms with E-state index in [1.807, 2.05) is 31.2 Å². The second-order valence-corrected chi connectivity index (χ2v) is 4.70. The minimum atomic E-state index is -0.979. The summed E-state index contributed by atoms with van der Waals surface area (Å²) in [6.45, 7) is 1.91. The quantitative estimate of drug-likeness (QED) is 0.594. The molecule has 0 radical (unpaired) electrons. The normalized spacial score (nSPS) is 19.8. The van der Waals surface area contributed by atoms with Gasteiger partial charge in [0.25, 0.3) is 0 Å². The molecule has 1 aliphatic heterocycles. The highest BCUT2D eigenvalue weighted by atomic mass is 32.2. The summed E-state index contributed by atoms with van der Waals surface area (Å²) in [7, 11) is -0.979. The Morgan fingerprint density at radius 2 is 2.14 bits per heavy atom. The van der Waals surface area contributed by atoms with Crippen LogP contribution in [0.3, 0.4) is 0 Å². The topological polar surface area (TPSA) is 17.1 Å². The molecule has 0 saturated carbocycles. The molecule has 0 amide bonds. The van der Waals surface area contributed by atoms with Crippen molar-refractivity contribution in [1.29, 1.82) is 0 Å². The van der Waals surface area contributed by atoms with Crippen molar-refractivity contribution in [3.8, 4) is 0 Å². The molecule has 72 valence electrons. The van der Waals surface area contributed by atoms with E-state index in [0.717, 1.165) is 22.6 Å². The van der Waals surface area contributed by atoms with Gasteiger partial charge in [-0.2, -0.15) is 0 Å². The summed E-state index contributed by atoms with van der Waals surface area (Å²) in [6.07, 6.45) is 3.69. The number of hydrogen-bond donors (Lipinski definition) is 0. The van der Waals surface area contributed by atoms with Crippen LogP contribution in [0.25, 0.3) is 0 Å². The second-order valence-electron chi connectivity index (χ2n) is 3.23. The van der Waals surface area contributed by atoms with Crippen LogP contribution < -0.4 is 0 Å². The minimum Gasteiger partial charge on any atom is -0.249 e. The number of rotatable bonds is 0. The zero-order valence-electron chi connectivity index (χ0n) is 8.12. The first-order chi connectivity index (χ1) is 6.83. The van der Waals surface area contributed by atoms with Gasteiger partial charge in [0.05, 0.1) is 15.7 Å². The van der Waals surface area contributed by atoms with Crippen molar-refractivity contribution in [3.05, 3.63) is 46.5 Å². The lowest BCUT2D eigenvalue weighted by Gasteiger charge is -2.15. The molecular formula is C12H12OS. The summed E-state index contributed by atoms with van der Waals surface area (Å²) >= 11 is 0. The van der Waals surface area contributed by atoms with Crippen molar-refractivity contribution in [1.82, 2.24) is 0 Å². The molecule has 0 bridgehead atoms. The molecule has 1 aromatic carbocycles. The second kappa shape index (κ2) is 3.95. The van der Waals surface area contributed by atoms with Crippen LogP contribution in [0.2, 0.25) is 0 Å². The molecule has 0 aliphatic carbocycles. The van der Waals surface area contributed by atoms with Gasteiger partial charge in [0, 0.05) is 4.90 Å². The number of fused-ring (bicyclic) bond motifs is 1. The molecule has 0 spiro atoms. The van der Waals surface area contributed by atoms with E-state index >= 15 is 0 Å². The first kappa shape index (κ1) is 9.45. The lowest BCUT2D eigenvalue weighted by molar-refractivity contribution is 0.681. The summed E-state index contributed by atoms with van der Waals surface area (Å²) < 4.78 is 12.0. The van der Waals surface area contributed by atoms with E-state index in [9.17, 15) is 4.21 Å². The van der Waals surface area contributed by atoms with E-state index in [1.54, 1.807) is 0 Å². The predicted octanol–water partition coefficient (Wildman–Crippen LogP) is 2.80. The van der Waals surface area contributed by atoms with Crippen LogP contribution in [0, 0.1) is 0 Å². The minimum absolute atomic E-state index is 0.869. The van der Waals surface area contributed by atoms with E-state index in [2.05, 4.69) is 11.8 Å². The molecule has 1 aliphatic rings. The first-order valence-corrected chi connectivity index (χ1v) is 5.88. The van der Waals surface area contributed by atoms with Crippen LogP contribution in [-0.2, 0) is 17.2 Å². The van der Waals surface area contributed by atoms with Gasteiger partial charge in [0.2, 0.25) is 0 Å².